The van der Waals surface area contributed by atoms with E-state index in [2.05, 4.69) is 6.92 Å². The third kappa shape index (κ3) is 2.36. The van der Waals surface area contributed by atoms with Crippen molar-refractivity contribution in [3.05, 3.63) is 11.6 Å². The van der Waals surface area contributed by atoms with Crippen LogP contribution in [0.5, 0.6) is 0 Å². The number of ether oxygens (including phenoxy) is 1. The number of hydrogen-bond donors (Lipinski definition) is 0. The zero-order chi connectivity index (χ0) is 18.0. The Kier molecular flexibility index (Phi) is 3.75. The summed E-state index contributed by atoms with van der Waals surface area (Å²) in [6, 6.07) is 0. The SMILES string of the molecule is CC(=O)O[C@H]1CC(=O)[C@@]2(C)C(=CC(=O)[C@H]3[C@@H]4CCC[C@@]4(C)CC[C@@H]32)C1. The van der Waals surface area contributed by atoms with Crippen molar-refractivity contribution in [2.45, 2.75) is 71.8 Å². The Morgan fingerprint density at radius 1 is 1.12 bits per heavy atom. The van der Waals surface area contributed by atoms with E-state index < -0.39 is 11.5 Å². The van der Waals surface area contributed by atoms with Crippen molar-refractivity contribution in [1.82, 2.24) is 0 Å². The summed E-state index contributed by atoms with van der Waals surface area (Å²) in [5, 5.41) is 0. The number of carbonyl (C=O) groups excluding carboxylic acids is 3. The van der Waals surface area contributed by atoms with Crippen LogP contribution < -0.4 is 0 Å². The lowest BCUT2D eigenvalue weighted by Gasteiger charge is -2.55. The van der Waals surface area contributed by atoms with Gasteiger partial charge in [0.05, 0.1) is 5.41 Å². The fraction of sp³-hybridized carbons (Fsp3) is 0.762. The lowest BCUT2D eigenvalue weighted by atomic mass is 9.47. The minimum atomic E-state index is -0.543. The quantitative estimate of drug-likeness (QED) is 0.682. The summed E-state index contributed by atoms with van der Waals surface area (Å²) in [7, 11) is 0. The maximum atomic E-state index is 13.1. The number of hydrogen-bond acceptors (Lipinski definition) is 4. The van der Waals surface area contributed by atoms with E-state index in [-0.39, 0.29) is 41.2 Å². The molecule has 3 fully saturated rings. The maximum absolute atomic E-state index is 13.1. The molecule has 136 valence electrons. The molecule has 0 amide bonds. The lowest BCUT2D eigenvalue weighted by Crippen LogP contribution is -2.56. The van der Waals surface area contributed by atoms with Crippen molar-refractivity contribution in [2.75, 3.05) is 0 Å². The molecule has 3 saturated carbocycles. The fourth-order valence-electron chi connectivity index (χ4n) is 6.54. The van der Waals surface area contributed by atoms with Gasteiger partial charge < -0.3 is 4.74 Å². The molecule has 0 radical (unpaired) electrons. The Morgan fingerprint density at radius 3 is 2.60 bits per heavy atom. The van der Waals surface area contributed by atoms with Crippen LogP contribution in [0, 0.1) is 28.6 Å². The van der Waals surface area contributed by atoms with Crippen molar-refractivity contribution in [3.8, 4) is 0 Å². The highest BCUT2D eigenvalue weighted by Crippen LogP contribution is 2.63. The molecule has 0 aromatic rings. The summed E-state index contributed by atoms with van der Waals surface area (Å²) in [5.41, 5.74) is 0.637. The maximum Gasteiger partial charge on any atom is 0.302 e. The summed E-state index contributed by atoms with van der Waals surface area (Å²) in [5.74, 6) is 0.562. The molecule has 4 heteroatoms. The third-order valence-electron chi connectivity index (χ3n) is 7.88. The van der Waals surface area contributed by atoms with Crippen molar-refractivity contribution < 1.29 is 19.1 Å². The first-order valence-corrected chi connectivity index (χ1v) is 9.71. The standard InChI is InChI=1S/C21H28O4/c1-12(22)25-14-9-13-10-17(23)19-15-5-4-7-20(15,2)8-6-16(19)21(13,3)18(24)11-14/h10,14-16,19H,4-9,11H2,1-3H3/t14-,15+,16+,19+,20+,21+/m1/s1. The first-order chi connectivity index (χ1) is 11.8. The Balaban J connectivity index is 1.71. The first kappa shape index (κ1) is 17.0. The van der Waals surface area contributed by atoms with Crippen molar-refractivity contribution in [2.24, 2.45) is 28.6 Å². The monoisotopic (exact) mass is 344 g/mol. The third-order valence-corrected chi connectivity index (χ3v) is 7.88. The average molecular weight is 344 g/mol. The molecule has 4 aliphatic carbocycles. The van der Waals surface area contributed by atoms with Crippen molar-refractivity contribution >= 4 is 17.5 Å². The second-order valence-electron chi connectivity index (χ2n) is 9.16. The summed E-state index contributed by atoms with van der Waals surface area (Å²) >= 11 is 0. The van der Waals surface area contributed by atoms with Gasteiger partial charge in [0.1, 0.15) is 11.9 Å². The van der Waals surface area contributed by atoms with E-state index in [9.17, 15) is 14.4 Å². The van der Waals surface area contributed by atoms with Crippen LogP contribution in [0.15, 0.2) is 11.6 Å². The molecule has 6 atom stereocenters. The molecule has 0 spiro atoms. The van der Waals surface area contributed by atoms with Crippen LogP contribution in [0.3, 0.4) is 0 Å². The second-order valence-corrected chi connectivity index (χ2v) is 9.16. The molecule has 0 saturated heterocycles. The largest absolute Gasteiger partial charge is 0.462 e. The Morgan fingerprint density at radius 2 is 1.88 bits per heavy atom. The van der Waals surface area contributed by atoms with E-state index in [1.54, 1.807) is 6.08 Å². The topological polar surface area (TPSA) is 60.4 Å². The molecule has 4 aliphatic rings. The molecule has 4 rings (SSSR count). The zero-order valence-electron chi connectivity index (χ0n) is 15.5. The molecule has 25 heavy (non-hydrogen) atoms. The molecule has 0 aromatic heterocycles. The number of carbonyl (C=O) groups is 3. The van der Waals surface area contributed by atoms with Gasteiger partial charge in [-0.1, -0.05) is 13.3 Å². The van der Waals surface area contributed by atoms with Crippen LogP contribution in [-0.2, 0) is 19.1 Å². The summed E-state index contributed by atoms with van der Waals surface area (Å²) in [6.07, 6.45) is 7.76. The second kappa shape index (κ2) is 5.52. The number of rotatable bonds is 1. The summed E-state index contributed by atoms with van der Waals surface area (Å²) in [6.45, 7) is 5.76. The summed E-state index contributed by atoms with van der Waals surface area (Å²) < 4.78 is 5.30. The van der Waals surface area contributed by atoms with E-state index in [1.165, 1.54) is 19.8 Å². The number of esters is 1. The van der Waals surface area contributed by atoms with Crippen LogP contribution >= 0.6 is 0 Å². The van der Waals surface area contributed by atoms with Crippen LogP contribution in [0.1, 0.15) is 65.7 Å². The first-order valence-electron chi connectivity index (χ1n) is 9.71. The summed E-state index contributed by atoms with van der Waals surface area (Å²) in [4.78, 5) is 37.5. The normalized spacial score (nSPS) is 46.0. The van der Waals surface area contributed by atoms with Crippen molar-refractivity contribution in [1.29, 1.82) is 0 Å². The fourth-order valence-corrected chi connectivity index (χ4v) is 6.54. The number of fused-ring (bicyclic) bond motifs is 5. The Labute approximate surface area is 149 Å². The van der Waals surface area contributed by atoms with E-state index >= 15 is 0 Å². The van der Waals surface area contributed by atoms with E-state index in [0.717, 1.165) is 24.8 Å². The van der Waals surface area contributed by atoms with Crippen LogP contribution in [-0.4, -0.2) is 23.6 Å². The van der Waals surface area contributed by atoms with E-state index in [1.807, 2.05) is 6.92 Å². The van der Waals surface area contributed by atoms with Crippen LogP contribution in [0.2, 0.25) is 0 Å². The van der Waals surface area contributed by atoms with Crippen LogP contribution in [0.25, 0.3) is 0 Å². The van der Waals surface area contributed by atoms with Gasteiger partial charge in [-0.2, -0.15) is 0 Å². The molecule has 4 nitrogen and oxygen atoms in total. The molecule has 0 N–H and O–H groups in total. The highest BCUT2D eigenvalue weighted by atomic mass is 16.5. The molecule has 0 heterocycles. The predicted octanol–water partition coefficient (Wildman–Crippen LogP) is 3.63. The number of Topliss-reactive ketones (excluding diaryl/α,β-unsaturated/α-hetero) is 1. The Hall–Kier alpha value is -1.45. The minimum Gasteiger partial charge on any atom is -0.462 e. The van der Waals surface area contributed by atoms with Gasteiger partial charge in [0.2, 0.25) is 0 Å². The van der Waals surface area contributed by atoms with Gasteiger partial charge in [-0.05, 0) is 61.5 Å². The van der Waals surface area contributed by atoms with Gasteiger partial charge in [-0.15, -0.1) is 0 Å². The van der Waals surface area contributed by atoms with E-state index in [0.29, 0.717) is 12.3 Å². The van der Waals surface area contributed by atoms with Gasteiger partial charge in [0, 0.05) is 25.7 Å². The highest BCUT2D eigenvalue weighted by Gasteiger charge is 2.61. The molecular formula is C21H28O4. The Bertz CT molecular complexity index is 677. The lowest BCUT2D eigenvalue weighted by molar-refractivity contribution is -0.153. The number of ketones is 2. The van der Waals surface area contributed by atoms with Gasteiger partial charge in [0.15, 0.2) is 5.78 Å². The predicted molar refractivity (Wildman–Crippen MR) is 92.7 cm³/mol. The van der Waals surface area contributed by atoms with Gasteiger partial charge in [-0.25, -0.2) is 0 Å². The van der Waals surface area contributed by atoms with Gasteiger partial charge >= 0.3 is 5.97 Å². The van der Waals surface area contributed by atoms with Gasteiger partial charge in [0.25, 0.3) is 0 Å². The molecule has 0 aromatic carbocycles. The number of allylic oxidation sites excluding steroid dienone is 1. The smallest absolute Gasteiger partial charge is 0.302 e. The highest BCUT2D eigenvalue weighted by molar-refractivity contribution is 6.00. The zero-order valence-corrected chi connectivity index (χ0v) is 15.5. The molecule has 0 aliphatic heterocycles. The average Bonchev–Trinajstić information content (AvgIpc) is 2.91. The molecule has 0 unspecified atom stereocenters. The van der Waals surface area contributed by atoms with Crippen molar-refractivity contribution in [3.63, 3.8) is 0 Å². The van der Waals surface area contributed by atoms with Gasteiger partial charge in [-0.3, -0.25) is 14.4 Å². The van der Waals surface area contributed by atoms with E-state index in [4.69, 9.17) is 4.74 Å². The molecular weight excluding hydrogens is 316 g/mol. The molecule has 0 bridgehead atoms. The van der Waals surface area contributed by atoms with Crippen LogP contribution in [0.4, 0.5) is 0 Å². The minimum absolute atomic E-state index is 0.00391.